The Balaban J connectivity index is 2.18. The fraction of sp³-hybridized carbons (Fsp3) is 0.429. The third kappa shape index (κ3) is 3.74. The highest BCUT2D eigenvalue weighted by Crippen LogP contribution is 2.49. The number of hydrogen-bond donors (Lipinski definition) is 0. The van der Waals surface area contributed by atoms with Crippen molar-refractivity contribution in [3.8, 4) is 17.6 Å². The van der Waals surface area contributed by atoms with Crippen LogP contribution in [0.2, 0.25) is 0 Å². The van der Waals surface area contributed by atoms with Gasteiger partial charge in [-0.3, -0.25) is 4.79 Å². The first-order valence-corrected chi connectivity index (χ1v) is 9.92. The van der Waals surface area contributed by atoms with Gasteiger partial charge in [-0.15, -0.1) is 5.92 Å². The summed E-state index contributed by atoms with van der Waals surface area (Å²) in [6.07, 6.45) is 2.12. The number of halogens is 1. The van der Waals surface area contributed by atoms with Gasteiger partial charge in [-0.05, 0) is 50.1 Å². The molecule has 2 bridgehead atoms. The first-order chi connectivity index (χ1) is 13.0. The van der Waals surface area contributed by atoms with Gasteiger partial charge < -0.3 is 9.47 Å². The average Bonchev–Trinajstić information content (AvgIpc) is 3.08. The maximum absolute atomic E-state index is 15.0. The predicted octanol–water partition coefficient (Wildman–Crippen LogP) is 4.81. The Kier molecular flexibility index (Phi) is 5.91. The van der Waals surface area contributed by atoms with E-state index in [4.69, 9.17) is 9.47 Å². The Morgan fingerprint density at radius 3 is 2.74 bits per heavy atom. The van der Waals surface area contributed by atoms with Crippen molar-refractivity contribution in [1.82, 2.24) is 0 Å². The lowest BCUT2D eigenvalue weighted by molar-refractivity contribution is -0.117. The summed E-state index contributed by atoms with van der Waals surface area (Å²) in [5.74, 6) is 5.58. The molecule has 4 nitrogen and oxygen atoms in total. The van der Waals surface area contributed by atoms with Crippen molar-refractivity contribution in [3.63, 3.8) is 0 Å². The molecule has 0 radical (unpaired) electrons. The van der Waals surface area contributed by atoms with Crippen LogP contribution in [0.25, 0.3) is 5.57 Å². The number of ether oxygens (including phenoxy) is 2. The summed E-state index contributed by atoms with van der Waals surface area (Å²) in [6, 6.07) is 2.89. The zero-order chi connectivity index (χ0) is 19.6. The van der Waals surface area contributed by atoms with E-state index in [0.717, 1.165) is 24.6 Å². The van der Waals surface area contributed by atoms with E-state index in [-0.39, 0.29) is 40.3 Å². The molecule has 27 heavy (non-hydrogen) atoms. The van der Waals surface area contributed by atoms with Gasteiger partial charge in [0.25, 0.3) is 0 Å². The Morgan fingerprint density at radius 1 is 1.33 bits per heavy atom. The number of carbonyl (C=O) groups excluding carboxylic acids is 2. The topological polar surface area (TPSA) is 52.6 Å². The Bertz CT molecular complexity index is 878. The molecule has 0 heterocycles. The van der Waals surface area contributed by atoms with Gasteiger partial charge in [-0.25, -0.2) is 9.18 Å². The molecule has 0 aliphatic heterocycles. The van der Waals surface area contributed by atoms with Crippen molar-refractivity contribution in [2.24, 2.45) is 11.8 Å². The number of hydrogen-bond acceptors (Lipinski definition) is 5. The maximum Gasteiger partial charge on any atom is 0.372 e. The molecule has 1 aromatic carbocycles. The van der Waals surface area contributed by atoms with E-state index in [1.54, 1.807) is 13.0 Å². The number of thioether (sulfide) groups is 1. The van der Waals surface area contributed by atoms with Gasteiger partial charge in [0.15, 0.2) is 5.78 Å². The van der Waals surface area contributed by atoms with Crippen LogP contribution in [-0.2, 0) is 9.53 Å². The minimum atomic E-state index is -0.603. The van der Waals surface area contributed by atoms with E-state index in [2.05, 4.69) is 11.8 Å². The number of methoxy groups -OCH3 is 1. The van der Waals surface area contributed by atoms with Gasteiger partial charge in [0.1, 0.15) is 17.3 Å². The largest absolute Gasteiger partial charge is 0.496 e. The SMILES string of the molecule is CC#Cc1cc(F)c(C2=C(OC(=O)SCC)C3CCC(C3)C2=O)c(OC)c1. The van der Waals surface area contributed by atoms with Crippen LogP contribution in [0.1, 0.15) is 44.2 Å². The zero-order valence-electron chi connectivity index (χ0n) is 15.6. The van der Waals surface area contributed by atoms with E-state index >= 15 is 4.39 Å². The minimum Gasteiger partial charge on any atom is -0.496 e. The standard InChI is InChI=1S/C21H21FO4S/c1-4-6-12-9-15(22)17(16(10-12)25-3)18-19(23)13-7-8-14(11-13)20(18)26-21(24)27-5-2/h9-10,13-14H,5,7-8,11H2,1-3H3. The third-order valence-electron chi connectivity index (χ3n) is 4.92. The van der Waals surface area contributed by atoms with Crippen LogP contribution in [0.4, 0.5) is 9.18 Å². The Morgan fingerprint density at radius 2 is 2.07 bits per heavy atom. The Hall–Kier alpha value is -2.26. The highest BCUT2D eigenvalue weighted by atomic mass is 32.2. The molecule has 3 rings (SSSR count). The van der Waals surface area contributed by atoms with Crippen molar-refractivity contribution in [3.05, 3.63) is 34.8 Å². The van der Waals surface area contributed by atoms with E-state index in [9.17, 15) is 9.59 Å². The molecule has 0 aromatic heterocycles. The molecule has 2 aliphatic rings. The van der Waals surface area contributed by atoms with E-state index in [1.807, 2.05) is 6.92 Å². The molecule has 2 aliphatic carbocycles. The lowest BCUT2D eigenvalue weighted by atomic mass is 9.82. The second-order valence-electron chi connectivity index (χ2n) is 6.51. The van der Waals surface area contributed by atoms with Crippen molar-refractivity contribution < 1.29 is 23.5 Å². The van der Waals surface area contributed by atoms with E-state index in [1.165, 1.54) is 13.2 Å². The molecular formula is C21H21FO4S. The smallest absolute Gasteiger partial charge is 0.372 e. The normalized spacial score (nSPS) is 21.0. The highest BCUT2D eigenvalue weighted by molar-refractivity contribution is 8.13. The van der Waals surface area contributed by atoms with Crippen molar-refractivity contribution >= 4 is 28.4 Å². The molecule has 2 atom stereocenters. The average molecular weight is 388 g/mol. The number of allylic oxidation sites excluding steroid dienone is 2. The first kappa shape index (κ1) is 19.5. The number of fused-ring (bicyclic) bond motifs is 2. The zero-order valence-corrected chi connectivity index (χ0v) is 16.4. The van der Waals surface area contributed by atoms with Crippen LogP contribution in [-0.4, -0.2) is 23.9 Å². The maximum atomic E-state index is 15.0. The molecule has 0 amide bonds. The summed E-state index contributed by atoms with van der Waals surface area (Å²) in [5, 5.41) is -0.476. The van der Waals surface area contributed by atoms with Gasteiger partial charge in [0.05, 0.1) is 18.2 Å². The molecule has 1 aromatic rings. The summed E-state index contributed by atoms with van der Waals surface area (Å²) in [4.78, 5) is 25.2. The van der Waals surface area contributed by atoms with Gasteiger partial charge >= 0.3 is 5.30 Å². The first-order valence-electron chi connectivity index (χ1n) is 8.93. The van der Waals surface area contributed by atoms with Crippen molar-refractivity contribution in [1.29, 1.82) is 0 Å². The van der Waals surface area contributed by atoms with E-state index in [0.29, 0.717) is 17.7 Å². The number of Topliss-reactive ketones (excluding diaryl/α,β-unsaturated/α-hetero) is 1. The quantitative estimate of drug-likeness (QED) is 0.547. The molecule has 2 unspecified atom stereocenters. The summed E-state index contributed by atoms with van der Waals surface area (Å²) in [7, 11) is 1.42. The molecule has 6 heteroatoms. The van der Waals surface area contributed by atoms with E-state index < -0.39 is 11.1 Å². The minimum absolute atomic E-state index is 0.0525. The van der Waals surface area contributed by atoms with Crippen LogP contribution in [0, 0.1) is 29.5 Å². The third-order valence-corrected chi connectivity index (χ3v) is 5.52. The molecule has 1 saturated carbocycles. The summed E-state index contributed by atoms with van der Waals surface area (Å²) in [5.41, 5.74) is 0.664. The number of benzene rings is 1. The molecule has 0 spiro atoms. The number of rotatable bonds is 4. The molecule has 142 valence electrons. The summed E-state index contributed by atoms with van der Waals surface area (Å²) in [6.45, 7) is 3.50. The second kappa shape index (κ2) is 8.18. The van der Waals surface area contributed by atoms with Crippen LogP contribution < -0.4 is 4.74 Å². The lowest BCUT2D eigenvalue weighted by Gasteiger charge is -2.26. The fourth-order valence-electron chi connectivity index (χ4n) is 3.81. The molecule has 1 fully saturated rings. The van der Waals surface area contributed by atoms with Crippen molar-refractivity contribution in [2.75, 3.05) is 12.9 Å². The van der Waals surface area contributed by atoms with Gasteiger partial charge in [0, 0.05) is 23.2 Å². The number of carbonyl (C=O) groups is 2. The van der Waals surface area contributed by atoms with Gasteiger partial charge in [0.2, 0.25) is 0 Å². The van der Waals surface area contributed by atoms with Gasteiger partial charge in [-0.1, -0.05) is 12.8 Å². The fourth-order valence-corrected chi connectivity index (χ4v) is 4.19. The summed E-state index contributed by atoms with van der Waals surface area (Å²) >= 11 is 1.02. The molecule has 0 N–H and O–H groups in total. The van der Waals surface area contributed by atoms with Crippen LogP contribution in [0.15, 0.2) is 17.9 Å². The number of ketones is 1. The molecule has 0 saturated heterocycles. The van der Waals surface area contributed by atoms with Gasteiger partial charge in [-0.2, -0.15) is 0 Å². The lowest BCUT2D eigenvalue weighted by Crippen LogP contribution is -2.24. The second-order valence-corrected chi connectivity index (χ2v) is 7.71. The summed E-state index contributed by atoms with van der Waals surface area (Å²) < 4.78 is 26.0. The Labute approximate surface area is 162 Å². The highest BCUT2D eigenvalue weighted by Gasteiger charge is 2.44. The van der Waals surface area contributed by atoms with Crippen LogP contribution in [0.5, 0.6) is 5.75 Å². The molecular weight excluding hydrogens is 367 g/mol. The van der Waals surface area contributed by atoms with Crippen molar-refractivity contribution in [2.45, 2.75) is 33.1 Å². The van der Waals surface area contributed by atoms with Crippen LogP contribution in [0.3, 0.4) is 0 Å². The predicted molar refractivity (Wildman–Crippen MR) is 103 cm³/mol. The van der Waals surface area contributed by atoms with Crippen LogP contribution >= 0.6 is 11.8 Å². The monoisotopic (exact) mass is 388 g/mol.